The number of ether oxygens (including phenoxy) is 1. The van der Waals surface area contributed by atoms with Crippen molar-refractivity contribution in [3.05, 3.63) is 29.6 Å². The van der Waals surface area contributed by atoms with E-state index in [1.807, 2.05) is 5.32 Å². The molecule has 1 rings (SSSR count). The topological polar surface area (TPSA) is 88.9 Å². The van der Waals surface area contributed by atoms with Gasteiger partial charge in [-0.05, 0) is 19.1 Å². The largest absolute Gasteiger partial charge is 0.453 e. The summed E-state index contributed by atoms with van der Waals surface area (Å²) in [6.07, 6.45) is -0.937. The molecule has 1 unspecified atom stereocenters. The Morgan fingerprint density at radius 3 is 2.42 bits per heavy atom. The molecule has 2 atom stereocenters. The van der Waals surface area contributed by atoms with Crippen LogP contribution in [0.15, 0.2) is 12.1 Å². The lowest BCUT2D eigenvalue weighted by Gasteiger charge is -2.20. The molecule has 1 aromatic carbocycles. The van der Waals surface area contributed by atoms with E-state index in [1.54, 1.807) is 0 Å². The lowest BCUT2D eigenvalue weighted by molar-refractivity contribution is -0.885. The Hall–Kier alpha value is -2.62. The zero-order valence-electron chi connectivity index (χ0n) is 13.2. The Morgan fingerprint density at radius 2 is 1.83 bits per heavy atom. The van der Waals surface area contributed by atoms with Gasteiger partial charge in [-0.15, -0.1) is 0 Å². The minimum Gasteiger partial charge on any atom is -0.453 e. The predicted octanol–water partition coefficient (Wildman–Crippen LogP) is -0.172. The molecule has 7 nitrogen and oxygen atoms in total. The average molecular weight is 348 g/mol. The van der Waals surface area contributed by atoms with Gasteiger partial charge < -0.3 is 15.0 Å². The quantitative estimate of drug-likeness (QED) is 0.645. The molecule has 10 heteroatoms. The first kappa shape index (κ1) is 19.4. The van der Waals surface area contributed by atoms with Gasteiger partial charge in [-0.3, -0.25) is 14.9 Å². The zero-order chi connectivity index (χ0) is 18.4. The number of alkyl carbamates (subject to hydrolysis) is 1. The van der Waals surface area contributed by atoms with E-state index in [0.717, 1.165) is 13.2 Å². The maximum atomic E-state index is 13.5. The lowest BCUT2D eigenvalue weighted by Crippen LogP contribution is -3.15. The molecule has 0 saturated carbocycles. The third-order valence-electron chi connectivity index (χ3n) is 3.29. The average Bonchev–Trinajstić information content (AvgIpc) is 2.54. The zero-order valence-corrected chi connectivity index (χ0v) is 13.2. The van der Waals surface area contributed by atoms with Gasteiger partial charge in [0.25, 0.3) is 11.8 Å². The Balaban J connectivity index is 2.66. The van der Waals surface area contributed by atoms with E-state index >= 15 is 0 Å². The van der Waals surface area contributed by atoms with Crippen molar-refractivity contribution < 1.29 is 37.2 Å². The number of carbonyl (C=O) groups excluding carboxylic acids is 3. The number of quaternary nitrogens is 1. The molecule has 0 radical (unpaired) electrons. The number of likely N-dealkylation sites (N-methyl/N-ethyl adjacent to an activating group) is 1. The molecular weight excluding hydrogens is 331 g/mol. The number of rotatable bonds is 5. The highest BCUT2D eigenvalue weighted by molar-refractivity contribution is 5.94. The van der Waals surface area contributed by atoms with Crippen LogP contribution in [0.3, 0.4) is 0 Å². The van der Waals surface area contributed by atoms with Crippen LogP contribution in [0.25, 0.3) is 0 Å². The summed E-state index contributed by atoms with van der Waals surface area (Å²) in [5, 5.41) is 4.04. The second-order valence-corrected chi connectivity index (χ2v) is 5.00. The summed E-state index contributed by atoms with van der Waals surface area (Å²) in [7, 11) is 2.58. The molecular formula is C14H17F3N3O4+. The number of imide groups is 1. The number of amides is 3. The van der Waals surface area contributed by atoms with Crippen molar-refractivity contribution in [2.75, 3.05) is 26.0 Å². The van der Waals surface area contributed by atoms with Gasteiger partial charge in [0.2, 0.25) is 0 Å². The number of nitrogens with one attached hydrogen (secondary N) is 3. The highest BCUT2D eigenvalue weighted by Crippen LogP contribution is 2.19. The summed E-state index contributed by atoms with van der Waals surface area (Å²) in [6, 6.07) is 0.760. The second kappa shape index (κ2) is 8.29. The monoisotopic (exact) mass is 348 g/mol. The Labute approximate surface area is 135 Å². The van der Waals surface area contributed by atoms with Gasteiger partial charge in [-0.1, -0.05) is 0 Å². The van der Waals surface area contributed by atoms with Crippen LogP contribution < -0.4 is 15.5 Å². The Bertz CT molecular complexity index is 654. The molecule has 0 bridgehead atoms. The molecule has 0 fully saturated rings. The van der Waals surface area contributed by atoms with E-state index < -0.39 is 47.1 Å². The highest BCUT2D eigenvalue weighted by Gasteiger charge is 2.26. The number of hydrogen-bond donors (Lipinski definition) is 3. The van der Waals surface area contributed by atoms with E-state index in [2.05, 4.69) is 10.1 Å². The summed E-state index contributed by atoms with van der Waals surface area (Å²) in [5.41, 5.74) is -0.515. The standard InChI is InChI=1S/C14H16F3N3O4/c1-7(13(22)19-14(23)24-3)20(2)6-10(21)18-9-5-4-8(15)11(16)12(9)17/h4-5,7H,6H2,1-3H3,(H,18,21)(H,19,22,23)/p+1/t7-/m1/s1. The first-order valence-corrected chi connectivity index (χ1v) is 6.81. The van der Waals surface area contributed by atoms with E-state index in [4.69, 9.17) is 0 Å². The second-order valence-electron chi connectivity index (χ2n) is 5.00. The van der Waals surface area contributed by atoms with Crippen molar-refractivity contribution in [3.63, 3.8) is 0 Å². The molecule has 132 valence electrons. The predicted molar refractivity (Wildman–Crippen MR) is 76.7 cm³/mol. The van der Waals surface area contributed by atoms with Gasteiger partial charge in [-0.25, -0.2) is 18.0 Å². The maximum absolute atomic E-state index is 13.5. The van der Waals surface area contributed by atoms with Crippen LogP contribution in [0, 0.1) is 17.5 Å². The van der Waals surface area contributed by atoms with Crippen molar-refractivity contribution in [2.45, 2.75) is 13.0 Å². The third-order valence-corrected chi connectivity index (χ3v) is 3.29. The first-order valence-electron chi connectivity index (χ1n) is 6.81. The van der Waals surface area contributed by atoms with E-state index in [1.165, 1.54) is 14.0 Å². The molecule has 0 aliphatic rings. The molecule has 1 aromatic rings. The van der Waals surface area contributed by atoms with Gasteiger partial charge in [-0.2, -0.15) is 0 Å². The fourth-order valence-electron chi connectivity index (χ4n) is 1.71. The summed E-state index contributed by atoms with van der Waals surface area (Å²) >= 11 is 0. The normalized spacial score (nSPS) is 12.9. The van der Waals surface area contributed by atoms with Crippen molar-refractivity contribution >= 4 is 23.6 Å². The fraction of sp³-hybridized carbons (Fsp3) is 0.357. The van der Waals surface area contributed by atoms with Gasteiger partial charge in [0.1, 0.15) is 0 Å². The molecule has 24 heavy (non-hydrogen) atoms. The minimum atomic E-state index is -1.70. The van der Waals surface area contributed by atoms with E-state index in [9.17, 15) is 27.6 Å². The summed E-state index contributed by atoms with van der Waals surface area (Å²) in [6.45, 7) is 1.17. The fourth-order valence-corrected chi connectivity index (χ4v) is 1.71. The molecule has 0 aromatic heterocycles. The molecule has 0 saturated heterocycles. The molecule has 0 aliphatic carbocycles. The van der Waals surface area contributed by atoms with Crippen LogP contribution in [0.1, 0.15) is 6.92 Å². The Kier molecular flexibility index (Phi) is 6.71. The van der Waals surface area contributed by atoms with Crippen molar-refractivity contribution in [2.24, 2.45) is 0 Å². The SMILES string of the molecule is COC(=O)NC(=O)[C@@H](C)[NH+](C)CC(=O)Nc1ccc(F)c(F)c1F. The van der Waals surface area contributed by atoms with Crippen molar-refractivity contribution in [1.82, 2.24) is 5.32 Å². The molecule has 3 N–H and O–H groups in total. The lowest BCUT2D eigenvalue weighted by atomic mass is 10.2. The van der Waals surface area contributed by atoms with Crippen LogP contribution in [-0.4, -0.2) is 44.7 Å². The van der Waals surface area contributed by atoms with Gasteiger partial charge >= 0.3 is 6.09 Å². The van der Waals surface area contributed by atoms with Crippen molar-refractivity contribution in [1.29, 1.82) is 0 Å². The maximum Gasteiger partial charge on any atom is 0.413 e. The van der Waals surface area contributed by atoms with Gasteiger partial charge in [0.05, 0.1) is 19.8 Å². The highest BCUT2D eigenvalue weighted by atomic mass is 19.2. The molecule has 0 spiro atoms. The van der Waals surface area contributed by atoms with Crippen LogP contribution in [-0.2, 0) is 14.3 Å². The summed E-state index contributed by atoms with van der Waals surface area (Å²) in [5.74, 6) is -5.99. The van der Waals surface area contributed by atoms with E-state index in [0.29, 0.717) is 11.0 Å². The van der Waals surface area contributed by atoms with Crippen LogP contribution in [0.5, 0.6) is 0 Å². The molecule has 0 heterocycles. The third kappa shape index (κ3) is 4.95. The summed E-state index contributed by atoms with van der Waals surface area (Å²) < 4.78 is 43.7. The Morgan fingerprint density at radius 1 is 1.21 bits per heavy atom. The van der Waals surface area contributed by atoms with Crippen LogP contribution in [0.4, 0.5) is 23.7 Å². The number of carbonyl (C=O) groups is 3. The molecule has 0 aliphatic heterocycles. The van der Waals surface area contributed by atoms with E-state index in [-0.39, 0.29) is 6.54 Å². The smallest absolute Gasteiger partial charge is 0.413 e. The van der Waals surface area contributed by atoms with Crippen LogP contribution >= 0.6 is 0 Å². The summed E-state index contributed by atoms with van der Waals surface area (Å²) in [4.78, 5) is 34.9. The number of methoxy groups -OCH3 is 1. The van der Waals surface area contributed by atoms with Gasteiger partial charge in [0, 0.05) is 0 Å². The number of anilines is 1. The number of hydrogen-bond acceptors (Lipinski definition) is 4. The number of benzene rings is 1. The minimum absolute atomic E-state index is 0.284. The molecule has 3 amide bonds. The van der Waals surface area contributed by atoms with Gasteiger partial charge in [0.15, 0.2) is 30.0 Å². The number of halogens is 3. The first-order chi connectivity index (χ1) is 11.2. The van der Waals surface area contributed by atoms with Crippen LogP contribution in [0.2, 0.25) is 0 Å². The van der Waals surface area contributed by atoms with Crippen molar-refractivity contribution in [3.8, 4) is 0 Å².